The number of nitrogens with one attached hydrogen (secondary N) is 1. The second kappa shape index (κ2) is 9.55. The number of hydrogen-bond donors (Lipinski definition) is 2. The Morgan fingerprint density at radius 3 is 2.43 bits per heavy atom. The number of ether oxygens (including phenoxy) is 1. The van der Waals surface area contributed by atoms with E-state index in [1.165, 1.54) is 29.1 Å². The van der Waals surface area contributed by atoms with E-state index in [2.05, 4.69) is 15.0 Å². The van der Waals surface area contributed by atoms with Crippen molar-refractivity contribution in [3.63, 3.8) is 0 Å². The van der Waals surface area contributed by atoms with E-state index in [0.29, 0.717) is 16.1 Å². The monoisotopic (exact) mass is 504 g/mol. The minimum absolute atomic E-state index is 0.0288. The lowest BCUT2D eigenvalue weighted by atomic mass is 10.2. The van der Waals surface area contributed by atoms with E-state index in [9.17, 15) is 27.9 Å². The van der Waals surface area contributed by atoms with Crippen molar-refractivity contribution in [2.75, 3.05) is 5.32 Å². The SMILES string of the molecule is O=C(Nc1cc(Cn2cc(O)n(-c3ccc(OC(F)(F)F)cc3)c2=O)ccn1)c1ccc(Cl)cc1. The van der Waals surface area contributed by atoms with Crippen LogP contribution in [0.3, 0.4) is 0 Å². The standard InChI is InChI=1S/C23H16ClF3N4O4/c24-16-3-1-15(2-4-16)21(33)29-19-11-14(9-10-28-19)12-30-13-20(32)31(22(30)34)17-5-7-18(8-6-17)35-23(25,26)27/h1-11,13,32H,12H2,(H,28,29,33). The highest BCUT2D eigenvalue weighted by molar-refractivity contribution is 6.30. The molecule has 0 fully saturated rings. The van der Waals surface area contributed by atoms with Crippen molar-refractivity contribution in [3.05, 3.63) is 99.7 Å². The average Bonchev–Trinajstić information content (AvgIpc) is 3.06. The topological polar surface area (TPSA) is 98.4 Å². The molecule has 2 N–H and O–H groups in total. The third-order valence-electron chi connectivity index (χ3n) is 4.79. The highest BCUT2D eigenvalue weighted by Crippen LogP contribution is 2.24. The zero-order valence-corrected chi connectivity index (χ0v) is 18.4. The average molecular weight is 505 g/mol. The molecule has 12 heteroatoms. The van der Waals surface area contributed by atoms with Gasteiger partial charge in [-0.15, -0.1) is 13.2 Å². The second-order valence-corrected chi connectivity index (χ2v) is 7.72. The number of imidazole rings is 1. The first kappa shape index (κ1) is 23.9. The summed E-state index contributed by atoms with van der Waals surface area (Å²) in [6.07, 6.45) is -2.20. The van der Waals surface area contributed by atoms with Gasteiger partial charge in [-0.05, 0) is 66.2 Å². The van der Waals surface area contributed by atoms with Crippen molar-refractivity contribution in [1.82, 2.24) is 14.1 Å². The summed E-state index contributed by atoms with van der Waals surface area (Å²) in [6, 6.07) is 14.0. The Labute approximate surface area is 200 Å². The number of amides is 1. The Bertz CT molecular complexity index is 1410. The van der Waals surface area contributed by atoms with Gasteiger partial charge in [-0.2, -0.15) is 0 Å². The van der Waals surface area contributed by atoms with Crippen molar-refractivity contribution < 1.29 is 27.8 Å². The Kier molecular flexibility index (Phi) is 6.52. The maximum Gasteiger partial charge on any atom is 0.573 e. The molecule has 35 heavy (non-hydrogen) atoms. The first-order chi connectivity index (χ1) is 16.6. The quantitative estimate of drug-likeness (QED) is 0.400. The molecule has 8 nitrogen and oxygen atoms in total. The van der Waals surface area contributed by atoms with Crippen LogP contribution in [0.15, 0.2) is 77.9 Å². The highest BCUT2D eigenvalue weighted by atomic mass is 35.5. The van der Waals surface area contributed by atoms with Crippen molar-refractivity contribution in [1.29, 1.82) is 0 Å². The molecule has 0 unspecified atom stereocenters. The number of aromatic nitrogens is 3. The first-order valence-corrected chi connectivity index (χ1v) is 10.4. The summed E-state index contributed by atoms with van der Waals surface area (Å²) >= 11 is 5.83. The Morgan fingerprint density at radius 1 is 1.09 bits per heavy atom. The molecule has 2 heterocycles. The van der Waals surface area contributed by atoms with Crippen LogP contribution < -0.4 is 15.7 Å². The maximum atomic E-state index is 12.8. The lowest BCUT2D eigenvalue weighted by Gasteiger charge is -2.09. The van der Waals surface area contributed by atoms with Gasteiger partial charge >= 0.3 is 12.1 Å². The maximum absolute atomic E-state index is 12.8. The highest BCUT2D eigenvalue weighted by Gasteiger charge is 2.31. The fraction of sp³-hybridized carbons (Fsp3) is 0.0870. The zero-order chi connectivity index (χ0) is 25.2. The number of nitrogens with zero attached hydrogens (tertiary/aromatic N) is 3. The minimum atomic E-state index is -4.85. The third kappa shape index (κ3) is 5.82. The van der Waals surface area contributed by atoms with Crippen LogP contribution in [-0.2, 0) is 6.54 Å². The summed E-state index contributed by atoms with van der Waals surface area (Å²) in [7, 11) is 0. The summed E-state index contributed by atoms with van der Waals surface area (Å²) < 4.78 is 43.0. The van der Waals surface area contributed by atoms with Crippen LogP contribution in [0, 0.1) is 0 Å². The number of rotatable bonds is 6. The van der Waals surface area contributed by atoms with Crippen molar-refractivity contribution in [2.24, 2.45) is 0 Å². The van der Waals surface area contributed by atoms with Gasteiger partial charge in [0.1, 0.15) is 11.6 Å². The van der Waals surface area contributed by atoms with Crippen molar-refractivity contribution in [3.8, 4) is 17.3 Å². The predicted octanol–water partition coefficient (Wildman–Crippen LogP) is 4.59. The molecule has 4 rings (SSSR count). The molecular weight excluding hydrogens is 489 g/mol. The number of benzene rings is 2. The van der Waals surface area contributed by atoms with Gasteiger partial charge in [-0.25, -0.2) is 14.3 Å². The van der Waals surface area contributed by atoms with Gasteiger partial charge in [-0.3, -0.25) is 9.36 Å². The predicted molar refractivity (Wildman–Crippen MR) is 121 cm³/mol. The summed E-state index contributed by atoms with van der Waals surface area (Å²) in [6.45, 7) is 0.0288. The van der Waals surface area contributed by atoms with Crippen LogP contribution in [0.25, 0.3) is 5.69 Å². The van der Waals surface area contributed by atoms with Gasteiger partial charge in [0, 0.05) is 16.8 Å². The normalized spacial score (nSPS) is 11.3. The van der Waals surface area contributed by atoms with Crippen LogP contribution in [0.1, 0.15) is 15.9 Å². The molecule has 0 aliphatic carbocycles. The number of pyridine rings is 1. The number of halogens is 4. The van der Waals surface area contributed by atoms with Gasteiger partial charge in [-0.1, -0.05) is 11.6 Å². The summed E-state index contributed by atoms with van der Waals surface area (Å²) in [4.78, 5) is 29.3. The lowest BCUT2D eigenvalue weighted by Crippen LogP contribution is -2.23. The summed E-state index contributed by atoms with van der Waals surface area (Å²) in [5, 5.41) is 13.4. The number of hydrogen-bond acceptors (Lipinski definition) is 5. The molecule has 0 saturated heterocycles. The summed E-state index contributed by atoms with van der Waals surface area (Å²) in [5.41, 5.74) is 0.494. The molecule has 0 atom stereocenters. The molecule has 0 saturated carbocycles. The molecule has 0 bridgehead atoms. The van der Waals surface area contributed by atoms with E-state index >= 15 is 0 Å². The molecule has 4 aromatic rings. The Hall–Kier alpha value is -4.25. The van der Waals surface area contributed by atoms with E-state index in [0.717, 1.165) is 16.7 Å². The van der Waals surface area contributed by atoms with Crippen molar-refractivity contribution >= 4 is 23.3 Å². The summed E-state index contributed by atoms with van der Waals surface area (Å²) in [5.74, 6) is -1.02. The fourth-order valence-corrected chi connectivity index (χ4v) is 3.39. The van der Waals surface area contributed by atoms with Gasteiger partial charge in [0.25, 0.3) is 5.91 Å². The lowest BCUT2D eigenvalue weighted by molar-refractivity contribution is -0.274. The molecule has 2 aromatic heterocycles. The number of carbonyl (C=O) groups is 1. The third-order valence-corrected chi connectivity index (χ3v) is 5.04. The Balaban J connectivity index is 1.51. The minimum Gasteiger partial charge on any atom is -0.493 e. The molecule has 180 valence electrons. The number of anilines is 1. The molecule has 0 aliphatic heterocycles. The number of aromatic hydroxyl groups is 1. The van der Waals surface area contributed by atoms with Crippen LogP contribution in [0.4, 0.5) is 19.0 Å². The van der Waals surface area contributed by atoms with E-state index < -0.39 is 29.6 Å². The number of carbonyl (C=O) groups excluding carboxylic acids is 1. The first-order valence-electron chi connectivity index (χ1n) is 9.98. The molecular formula is C23H16ClF3N4O4. The molecule has 1 amide bonds. The van der Waals surface area contributed by atoms with Crippen LogP contribution in [0.2, 0.25) is 5.02 Å². The smallest absolute Gasteiger partial charge is 0.493 e. The van der Waals surface area contributed by atoms with E-state index in [1.54, 1.807) is 36.4 Å². The van der Waals surface area contributed by atoms with E-state index in [1.807, 2.05) is 0 Å². The van der Waals surface area contributed by atoms with Gasteiger partial charge < -0.3 is 15.2 Å². The molecule has 2 aromatic carbocycles. The van der Waals surface area contributed by atoms with Gasteiger partial charge in [0.05, 0.1) is 18.4 Å². The van der Waals surface area contributed by atoms with Gasteiger partial charge in [0.2, 0.25) is 5.88 Å². The zero-order valence-electron chi connectivity index (χ0n) is 17.7. The molecule has 0 spiro atoms. The number of alkyl halides is 3. The van der Waals surface area contributed by atoms with Crippen LogP contribution in [0.5, 0.6) is 11.6 Å². The van der Waals surface area contributed by atoms with Crippen molar-refractivity contribution in [2.45, 2.75) is 12.9 Å². The van der Waals surface area contributed by atoms with Crippen LogP contribution in [-0.4, -0.2) is 31.5 Å². The molecule has 0 radical (unpaired) electrons. The largest absolute Gasteiger partial charge is 0.573 e. The van der Waals surface area contributed by atoms with E-state index in [4.69, 9.17) is 11.6 Å². The second-order valence-electron chi connectivity index (χ2n) is 7.29. The van der Waals surface area contributed by atoms with Gasteiger partial charge in [0.15, 0.2) is 0 Å². The fourth-order valence-electron chi connectivity index (χ4n) is 3.26. The van der Waals surface area contributed by atoms with E-state index in [-0.39, 0.29) is 18.1 Å². The Morgan fingerprint density at radius 2 is 1.77 bits per heavy atom. The molecule has 0 aliphatic rings. The van der Waals surface area contributed by atoms with Crippen LogP contribution >= 0.6 is 11.6 Å².